The molecule has 1 saturated carbocycles. The van der Waals surface area contributed by atoms with Crippen LogP contribution in [0.5, 0.6) is 0 Å². The summed E-state index contributed by atoms with van der Waals surface area (Å²) in [4.78, 5) is 3.33. The molecule has 0 aromatic carbocycles. The average Bonchev–Trinajstić information content (AvgIpc) is 2.79. The molecule has 1 aliphatic carbocycles. The Labute approximate surface area is 112 Å². The second-order valence-electron chi connectivity index (χ2n) is 5.73. The fourth-order valence-corrected chi connectivity index (χ4v) is 3.75. The predicted molar refractivity (Wildman–Crippen MR) is 75.4 cm³/mol. The minimum atomic E-state index is 0.147. The van der Waals surface area contributed by atoms with E-state index in [4.69, 9.17) is 12.2 Å². The summed E-state index contributed by atoms with van der Waals surface area (Å²) in [5.74, 6) is 0. The number of hydrogen-bond donors (Lipinski definition) is 1. The highest BCUT2D eigenvalue weighted by Gasteiger charge is 2.32. The van der Waals surface area contributed by atoms with Crippen molar-refractivity contribution in [3.05, 3.63) is 10.5 Å². The molecule has 18 heavy (non-hydrogen) atoms. The van der Waals surface area contributed by atoms with Crippen LogP contribution >= 0.6 is 12.2 Å². The average molecular weight is 264 g/mol. The molecule has 0 radical (unpaired) electrons. The number of aromatic nitrogens is 4. The zero-order valence-electron chi connectivity index (χ0n) is 11.3. The Morgan fingerprint density at radius 2 is 1.94 bits per heavy atom. The summed E-state index contributed by atoms with van der Waals surface area (Å²) in [6.07, 6.45) is 6.35. The lowest BCUT2D eigenvalue weighted by Gasteiger charge is -2.35. The third kappa shape index (κ3) is 1.56. The Balaban J connectivity index is 2.27. The van der Waals surface area contributed by atoms with Gasteiger partial charge in [0.15, 0.2) is 10.4 Å². The third-order valence-corrected chi connectivity index (χ3v) is 4.59. The van der Waals surface area contributed by atoms with E-state index in [9.17, 15) is 0 Å². The van der Waals surface area contributed by atoms with E-state index in [1.165, 1.54) is 32.1 Å². The smallest absolute Gasteiger partial charge is 0.179 e. The van der Waals surface area contributed by atoms with Crippen LogP contribution in [0, 0.1) is 11.7 Å². The number of imidazole rings is 1. The summed E-state index contributed by atoms with van der Waals surface area (Å²) in [6.45, 7) is 4.36. The van der Waals surface area contributed by atoms with E-state index in [-0.39, 0.29) is 5.54 Å². The summed E-state index contributed by atoms with van der Waals surface area (Å²) in [6, 6.07) is 0. The lowest BCUT2D eigenvalue weighted by Crippen LogP contribution is -2.33. The molecule has 1 aliphatic rings. The lowest BCUT2D eigenvalue weighted by molar-refractivity contribution is 0.220. The minimum absolute atomic E-state index is 0.147. The van der Waals surface area contributed by atoms with Crippen molar-refractivity contribution in [3.8, 4) is 0 Å². The molecule has 0 bridgehead atoms. The van der Waals surface area contributed by atoms with Crippen molar-refractivity contribution in [2.24, 2.45) is 7.05 Å². The van der Waals surface area contributed by atoms with Crippen molar-refractivity contribution in [1.29, 1.82) is 0 Å². The fraction of sp³-hybridized carbons (Fsp3) is 0.692. The lowest BCUT2D eigenvalue weighted by atomic mass is 9.83. The molecule has 4 nitrogen and oxygen atoms in total. The molecule has 98 valence electrons. The summed E-state index contributed by atoms with van der Waals surface area (Å²) >= 11 is 5.54. The molecular formula is C13H20N4S. The van der Waals surface area contributed by atoms with Crippen LogP contribution in [0.3, 0.4) is 0 Å². The van der Waals surface area contributed by atoms with Gasteiger partial charge in [0.1, 0.15) is 5.52 Å². The highest BCUT2D eigenvalue weighted by Crippen LogP contribution is 2.37. The number of rotatable bonds is 1. The fourth-order valence-electron chi connectivity index (χ4n) is 3.35. The van der Waals surface area contributed by atoms with Gasteiger partial charge in [-0.3, -0.25) is 9.25 Å². The van der Waals surface area contributed by atoms with Crippen LogP contribution < -0.4 is 0 Å². The van der Waals surface area contributed by atoms with Crippen LogP contribution in [0.2, 0.25) is 0 Å². The number of fused-ring (bicyclic) bond motifs is 1. The van der Waals surface area contributed by atoms with Gasteiger partial charge in [-0.2, -0.15) is 5.10 Å². The van der Waals surface area contributed by atoms with Crippen molar-refractivity contribution >= 4 is 23.4 Å². The minimum Gasteiger partial charge on any atom is -0.328 e. The van der Waals surface area contributed by atoms with Gasteiger partial charge in [0.05, 0.1) is 5.69 Å². The molecule has 2 aromatic rings. The summed E-state index contributed by atoms with van der Waals surface area (Å²) in [5.41, 5.74) is 3.40. The molecule has 0 spiro atoms. The van der Waals surface area contributed by atoms with Gasteiger partial charge in [-0.05, 0) is 38.9 Å². The van der Waals surface area contributed by atoms with Crippen LogP contribution in [0.15, 0.2) is 0 Å². The van der Waals surface area contributed by atoms with E-state index in [1.807, 2.05) is 18.7 Å². The van der Waals surface area contributed by atoms with E-state index in [1.54, 1.807) is 0 Å². The first-order chi connectivity index (χ1) is 8.53. The Morgan fingerprint density at radius 1 is 1.28 bits per heavy atom. The molecule has 3 rings (SSSR count). The number of hydrogen-bond acceptors (Lipinski definition) is 2. The number of aryl methyl sites for hydroxylation is 2. The molecule has 1 fully saturated rings. The second-order valence-corrected chi connectivity index (χ2v) is 6.12. The van der Waals surface area contributed by atoms with Gasteiger partial charge in [0.25, 0.3) is 0 Å². The molecule has 0 atom stereocenters. The molecular weight excluding hydrogens is 244 g/mol. The van der Waals surface area contributed by atoms with Crippen LogP contribution in [-0.2, 0) is 12.6 Å². The Kier molecular flexibility index (Phi) is 2.62. The molecule has 2 aromatic heterocycles. The normalized spacial score (nSPS) is 19.5. The number of H-pyrrole nitrogens is 1. The van der Waals surface area contributed by atoms with E-state index in [2.05, 4.69) is 21.6 Å². The van der Waals surface area contributed by atoms with Gasteiger partial charge in [-0.1, -0.05) is 19.3 Å². The van der Waals surface area contributed by atoms with Gasteiger partial charge in [-0.15, -0.1) is 0 Å². The number of aromatic amines is 1. The van der Waals surface area contributed by atoms with Gasteiger partial charge < -0.3 is 4.98 Å². The van der Waals surface area contributed by atoms with Crippen LogP contribution in [0.4, 0.5) is 0 Å². The van der Waals surface area contributed by atoms with Gasteiger partial charge in [0.2, 0.25) is 0 Å². The maximum atomic E-state index is 5.54. The largest absolute Gasteiger partial charge is 0.328 e. The van der Waals surface area contributed by atoms with Crippen LogP contribution in [0.1, 0.15) is 44.7 Å². The molecule has 2 heterocycles. The van der Waals surface area contributed by atoms with Crippen LogP contribution in [0.25, 0.3) is 11.2 Å². The molecule has 0 unspecified atom stereocenters. The first kappa shape index (κ1) is 12.0. The summed E-state index contributed by atoms with van der Waals surface area (Å²) in [5, 5.41) is 4.50. The maximum absolute atomic E-state index is 5.54. The van der Waals surface area contributed by atoms with E-state index < -0.39 is 0 Å². The van der Waals surface area contributed by atoms with Crippen molar-refractivity contribution in [1.82, 2.24) is 19.3 Å². The molecule has 5 heteroatoms. The van der Waals surface area contributed by atoms with Crippen LogP contribution in [-0.4, -0.2) is 19.3 Å². The maximum Gasteiger partial charge on any atom is 0.179 e. The zero-order valence-corrected chi connectivity index (χ0v) is 12.1. The monoisotopic (exact) mass is 264 g/mol. The first-order valence-corrected chi connectivity index (χ1v) is 7.08. The molecule has 0 amide bonds. The topological polar surface area (TPSA) is 38.5 Å². The third-order valence-electron chi connectivity index (χ3n) is 4.31. The van der Waals surface area contributed by atoms with Gasteiger partial charge in [0, 0.05) is 12.6 Å². The molecule has 0 aliphatic heterocycles. The summed E-state index contributed by atoms with van der Waals surface area (Å²) in [7, 11) is 2.00. The SMILES string of the molecule is Cc1nn(C)c2c1[nH]c(=S)n2C1(C)CCCCC1. The zero-order chi connectivity index (χ0) is 12.9. The Bertz CT molecular complexity index is 640. The Hall–Kier alpha value is -1.10. The number of nitrogens with zero attached hydrogens (tertiary/aromatic N) is 3. The van der Waals surface area contributed by atoms with Gasteiger partial charge in [-0.25, -0.2) is 0 Å². The van der Waals surface area contributed by atoms with E-state index in [0.717, 1.165) is 21.6 Å². The first-order valence-electron chi connectivity index (χ1n) is 6.68. The molecule has 1 N–H and O–H groups in total. The standard InChI is InChI=1S/C13H20N4S/c1-9-10-11(16(3)15-9)17(12(18)14-10)13(2)7-5-4-6-8-13/h4-8H2,1-3H3,(H,14,18). The second kappa shape index (κ2) is 3.95. The van der Waals surface area contributed by atoms with Crippen molar-refractivity contribution in [2.75, 3.05) is 0 Å². The van der Waals surface area contributed by atoms with E-state index >= 15 is 0 Å². The van der Waals surface area contributed by atoms with Crippen molar-refractivity contribution < 1.29 is 0 Å². The Morgan fingerprint density at radius 3 is 2.61 bits per heavy atom. The van der Waals surface area contributed by atoms with Gasteiger partial charge >= 0.3 is 0 Å². The summed E-state index contributed by atoms with van der Waals surface area (Å²) < 4.78 is 5.10. The highest BCUT2D eigenvalue weighted by molar-refractivity contribution is 7.71. The van der Waals surface area contributed by atoms with Crippen molar-refractivity contribution in [3.63, 3.8) is 0 Å². The van der Waals surface area contributed by atoms with Crippen molar-refractivity contribution in [2.45, 2.75) is 51.5 Å². The molecule has 0 saturated heterocycles. The van der Waals surface area contributed by atoms with E-state index in [0.29, 0.717) is 0 Å². The predicted octanol–water partition coefficient (Wildman–Crippen LogP) is 3.42. The number of nitrogens with one attached hydrogen (secondary N) is 1. The quantitative estimate of drug-likeness (QED) is 0.802. The highest BCUT2D eigenvalue weighted by atomic mass is 32.1.